The zero-order chi connectivity index (χ0) is 6.41. The van der Waals surface area contributed by atoms with Crippen molar-refractivity contribution in [2.24, 2.45) is 0 Å². The van der Waals surface area contributed by atoms with Crippen molar-refractivity contribution in [1.82, 2.24) is 0 Å². The van der Waals surface area contributed by atoms with Gasteiger partial charge in [-0.25, -0.2) is 0 Å². The Morgan fingerprint density at radius 1 is 1.67 bits per heavy atom. The summed E-state index contributed by atoms with van der Waals surface area (Å²) in [4.78, 5) is 19.6. The monoisotopic (exact) mass is 200 g/mol. The predicted octanol–water partition coefficient (Wildman–Crippen LogP) is -2.95. The van der Waals surface area contributed by atoms with Gasteiger partial charge in [-0.2, -0.15) is 0 Å². The predicted molar refractivity (Wildman–Crippen MR) is 26.9 cm³/mol. The number of carbonyl (C=O) groups excluding carboxylic acids is 2. The molecule has 0 saturated carbocycles. The average molecular weight is 201 g/mol. The Kier molecular flexibility index (Phi) is 12.5. The van der Waals surface area contributed by atoms with Gasteiger partial charge in [-0.15, -0.1) is 0 Å². The number of carbonyl (C=O) groups is 1. The van der Waals surface area contributed by atoms with Crippen LogP contribution in [0.1, 0.15) is 13.3 Å². The number of ether oxygens (including phenoxy) is 1. The molecule has 46 valence electrons. The second-order valence-electron chi connectivity index (χ2n) is 1.13. The van der Waals surface area contributed by atoms with Crippen LogP contribution in [-0.2, 0) is 14.3 Å². The fraction of sp³-hybridized carbons (Fsp3) is 0.600. The smallest absolute Gasteiger partial charge is 0.541 e. The molecule has 0 fully saturated rings. The van der Waals surface area contributed by atoms with Gasteiger partial charge in [0.25, 0.3) is 5.97 Å². The van der Waals surface area contributed by atoms with Crippen molar-refractivity contribution in [1.29, 1.82) is 0 Å². The van der Waals surface area contributed by atoms with E-state index in [9.17, 15) is 9.59 Å². The van der Waals surface area contributed by atoms with Crippen molar-refractivity contribution >= 4 is 12.3 Å². The van der Waals surface area contributed by atoms with E-state index in [0.717, 1.165) is 0 Å². The Bertz CT molecular complexity index is 92.2. The average Bonchev–Trinajstić information content (AvgIpc) is 1.68. The summed E-state index contributed by atoms with van der Waals surface area (Å²) in [6, 6.07) is 0. The molecule has 0 saturated heterocycles. The van der Waals surface area contributed by atoms with Gasteiger partial charge in [-0.1, -0.05) is 6.42 Å². The van der Waals surface area contributed by atoms with Crippen LogP contribution in [0.5, 0.6) is 0 Å². The van der Waals surface area contributed by atoms with Gasteiger partial charge in [0.1, 0.15) is 0 Å². The first kappa shape index (κ1) is 12.6. The first-order chi connectivity index (χ1) is 3.81. The zero-order valence-electron chi connectivity index (χ0n) is 5.64. The summed E-state index contributed by atoms with van der Waals surface area (Å²) in [5.41, 5.74) is 0. The number of esters is 1. The van der Waals surface area contributed by atoms with Crippen molar-refractivity contribution in [3.63, 3.8) is 0 Å². The van der Waals surface area contributed by atoms with E-state index in [4.69, 9.17) is 0 Å². The molecule has 0 aliphatic rings. The van der Waals surface area contributed by atoms with Crippen LogP contribution in [0.4, 0.5) is 0 Å². The second-order valence-corrected chi connectivity index (χ2v) is 1.13. The van der Waals surface area contributed by atoms with E-state index in [-0.39, 0.29) is 64.6 Å². The van der Waals surface area contributed by atoms with E-state index in [2.05, 4.69) is 4.74 Å². The first-order valence-electron chi connectivity index (χ1n) is 2.32. The molecule has 0 aromatic rings. The number of rotatable bonds is 3. The molecule has 0 rings (SSSR count). The van der Waals surface area contributed by atoms with Crippen LogP contribution in [0.25, 0.3) is 0 Å². The summed E-state index contributed by atoms with van der Waals surface area (Å²) in [5.74, 6) is -0.512. The molecule has 0 aromatic heterocycles. The van der Waals surface area contributed by atoms with Crippen molar-refractivity contribution in [2.45, 2.75) is 13.3 Å². The van der Waals surface area contributed by atoms with Gasteiger partial charge in [0, 0.05) is 0 Å². The van der Waals surface area contributed by atoms with Crippen LogP contribution in [0.2, 0.25) is 0 Å². The molecule has 0 bridgehead atoms. The molecule has 0 radical (unpaired) electrons. The standard InChI is InChI=1S/C5H7O3.Rb/c1-2-8-5(7)3-4-6;/h2-3H2,1H3;/q-1;+1. The molecule has 0 N–H and O–H groups in total. The Labute approximate surface area is 103 Å². The molecule has 4 heteroatoms. The molecule has 0 aliphatic heterocycles. The molecular formula is C5H7O3Rb. The van der Waals surface area contributed by atoms with Gasteiger partial charge in [0.2, 0.25) is 0 Å². The fourth-order valence-corrected chi connectivity index (χ4v) is 0.271. The Morgan fingerprint density at radius 3 is 2.56 bits per heavy atom. The molecule has 0 heterocycles. The van der Waals surface area contributed by atoms with Crippen molar-refractivity contribution < 1.29 is 72.5 Å². The van der Waals surface area contributed by atoms with Gasteiger partial charge in [-0.3, -0.25) is 11.1 Å². The third kappa shape index (κ3) is 8.95. The van der Waals surface area contributed by atoms with Gasteiger partial charge in [0.15, 0.2) is 0 Å². The number of hydrogen-bond donors (Lipinski definition) is 0. The third-order valence-corrected chi connectivity index (χ3v) is 0.522. The Hall–Kier alpha value is 0.945. The summed E-state index contributed by atoms with van der Waals surface area (Å²) in [7, 11) is 0. The quantitative estimate of drug-likeness (QED) is 0.278. The molecule has 0 aromatic carbocycles. The third-order valence-electron chi connectivity index (χ3n) is 0.522. The van der Waals surface area contributed by atoms with Crippen molar-refractivity contribution in [3.8, 4) is 0 Å². The van der Waals surface area contributed by atoms with Crippen LogP contribution in [0, 0.1) is 0 Å². The maximum Gasteiger partial charge on any atom is 1.00 e. The summed E-state index contributed by atoms with van der Waals surface area (Å²) in [6.07, 6.45) is 1.17. The first-order valence-corrected chi connectivity index (χ1v) is 2.32. The molecular weight excluding hydrogens is 194 g/mol. The Balaban J connectivity index is 0. The molecule has 0 amide bonds. The van der Waals surface area contributed by atoms with E-state index >= 15 is 0 Å². The van der Waals surface area contributed by atoms with Crippen LogP contribution >= 0.6 is 0 Å². The van der Waals surface area contributed by atoms with E-state index in [1.54, 1.807) is 6.92 Å². The van der Waals surface area contributed by atoms with Gasteiger partial charge < -0.3 is 9.53 Å². The summed E-state index contributed by atoms with van der Waals surface area (Å²) >= 11 is 0. The topological polar surface area (TPSA) is 43.4 Å². The van der Waals surface area contributed by atoms with Gasteiger partial charge >= 0.3 is 58.2 Å². The SMILES string of the molecule is CCOC(=O)C[C-]=O.[Rb+]. The summed E-state index contributed by atoms with van der Waals surface area (Å²) < 4.78 is 4.38. The fourth-order valence-electron chi connectivity index (χ4n) is 0.271. The minimum Gasteiger partial charge on any atom is -0.541 e. The molecule has 0 aliphatic carbocycles. The van der Waals surface area contributed by atoms with E-state index in [0.29, 0.717) is 6.61 Å². The van der Waals surface area contributed by atoms with Gasteiger partial charge in [0.05, 0.1) is 6.61 Å². The van der Waals surface area contributed by atoms with E-state index in [1.165, 1.54) is 6.29 Å². The normalized spacial score (nSPS) is 7.22. The summed E-state index contributed by atoms with van der Waals surface area (Å²) in [5, 5.41) is 0. The molecule has 9 heavy (non-hydrogen) atoms. The maximum absolute atomic E-state index is 10.2. The van der Waals surface area contributed by atoms with Crippen LogP contribution in [0.3, 0.4) is 0 Å². The minimum absolute atomic E-state index is 0. The second kappa shape index (κ2) is 8.95. The molecule has 0 unspecified atom stereocenters. The van der Waals surface area contributed by atoms with E-state index in [1.807, 2.05) is 0 Å². The largest absolute Gasteiger partial charge is 1.00 e. The summed E-state index contributed by atoms with van der Waals surface area (Å²) in [6.45, 7) is 2.00. The minimum atomic E-state index is -0.512. The van der Waals surface area contributed by atoms with Crippen LogP contribution in [-0.4, -0.2) is 18.9 Å². The molecule has 0 spiro atoms. The number of hydrogen-bond acceptors (Lipinski definition) is 3. The van der Waals surface area contributed by atoms with Crippen molar-refractivity contribution in [3.05, 3.63) is 0 Å². The Morgan fingerprint density at radius 2 is 2.22 bits per heavy atom. The van der Waals surface area contributed by atoms with Gasteiger partial charge in [-0.05, 0) is 6.92 Å². The van der Waals surface area contributed by atoms with Crippen molar-refractivity contribution in [2.75, 3.05) is 6.61 Å². The zero-order valence-corrected chi connectivity index (χ0v) is 10.6. The maximum atomic E-state index is 10.2. The molecule has 0 atom stereocenters. The molecule has 3 nitrogen and oxygen atoms in total. The van der Waals surface area contributed by atoms with Crippen LogP contribution < -0.4 is 58.2 Å². The van der Waals surface area contributed by atoms with Crippen LogP contribution in [0.15, 0.2) is 0 Å². The van der Waals surface area contributed by atoms with E-state index < -0.39 is 5.97 Å².